The maximum Gasteiger partial charge on any atom is 0.221 e. The van der Waals surface area contributed by atoms with Gasteiger partial charge >= 0.3 is 0 Å². The fourth-order valence-corrected chi connectivity index (χ4v) is 1.49. The molecule has 3 heteroatoms. The topological polar surface area (TPSA) is 55.1 Å². The van der Waals surface area contributed by atoms with Crippen LogP contribution in [0.25, 0.3) is 0 Å². The van der Waals surface area contributed by atoms with Crippen LogP contribution < -0.4 is 11.1 Å². The van der Waals surface area contributed by atoms with E-state index in [4.69, 9.17) is 5.73 Å². The maximum atomic E-state index is 11.5. The minimum Gasteiger partial charge on any atom is -0.353 e. The zero-order chi connectivity index (χ0) is 11.0. The lowest BCUT2D eigenvalue weighted by atomic mass is 10.1. The number of hydrogen-bond donors (Lipinski definition) is 2. The Morgan fingerprint density at radius 2 is 1.86 bits per heavy atom. The van der Waals surface area contributed by atoms with Crippen molar-refractivity contribution in [3.8, 4) is 0 Å². The van der Waals surface area contributed by atoms with Crippen molar-refractivity contribution in [3.63, 3.8) is 0 Å². The predicted molar refractivity (Wildman–Crippen MR) is 60.0 cm³/mol. The second kappa shape index (κ2) is 7.80. The fourth-order valence-electron chi connectivity index (χ4n) is 1.49. The van der Waals surface area contributed by atoms with Gasteiger partial charge in [-0.2, -0.15) is 0 Å². The van der Waals surface area contributed by atoms with E-state index in [2.05, 4.69) is 26.1 Å². The number of amides is 1. The molecule has 0 saturated heterocycles. The van der Waals surface area contributed by atoms with E-state index in [0.29, 0.717) is 12.5 Å². The molecule has 0 spiro atoms. The Balaban J connectivity index is 3.73. The standard InChI is InChI=1S/C11H24N2O/c1-4-7-9(12)8-11(14)13-10(5-2)6-3/h9-10H,4-8,12H2,1-3H3,(H,13,14). The van der Waals surface area contributed by atoms with E-state index in [1.165, 1.54) is 0 Å². The molecule has 0 aliphatic rings. The average molecular weight is 200 g/mol. The summed E-state index contributed by atoms with van der Waals surface area (Å²) < 4.78 is 0. The number of rotatable bonds is 7. The van der Waals surface area contributed by atoms with E-state index in [0.717, 1.165) is 25.7 Å². The SMILES string of the molecule is CCCC(N)CC(=O)NC(CC)CC. The van der Waals surface area contributed by atoms with Crippen LogP contribution >= 0.6 is 0 Å². The van der Waals surface area contributed by atoms with Gasteiger partial charge in [-0.25, -0.2) is 0 Å². The molecule has 0 bridgehead atoms. The zero-order valence-corrected chi connectivity index (χ0v) is 9.68. The smallest absolute Gasteiger partial charge is 0.221 e. The van der Waals surface area contributed by atoms with Crippen molar-refractivity contribution in [3.05, 3.63) is 0 Å². The second-order valence-corrected chi connectivity index (χ2v) is 3.83. The number of carbonyl (C=O) groups excluding carboxylic acids is 1. The lowest BCUT2D eigenvalue weighted by molar-refractivity contribution is -0.122. The maximum absolute atomic E-state index is 11.5. The van der Waals surface area contributed by atoms with E-state index in [-0.39, 0.29) is 11.9 Å². The molecule has 0 radical (unpaired) electrons. The highest BCUT2D eigenvalue weighted by Gasteiger charge is 2.11. The quantitative estimate of drug-likeness (QED) is 0.658. The van der Waals surface area contributed by atoms with Gasteiger partial charge in [-0.1, -0.05) is 27.2 Å². The number of nitrogens with one attached hydrogen (secondary N) is 1. The van der Waals surface area contributed by atoms with Gasteiger partial charge in [-0.3, -0.25) is 4.79 Å². The Morgan fingerprint density at radius 1 is 1.29 bits per heavy atom. The van der Waals surface area contributed by atoms with E-state index >= 15 is 0 Å². The summed E-state index contributed by atoms with van der Waals surface area (Å²) in [5.41, 5.74) is 5.78. The van der Waals surface area contributed by atoms with Crippen LogP contribution in [-0.4, -0.2) is 18.0 Å². The van der Waals surface area contributed by atoms with Crippen molar-refractivity contribution < 1.29 is 4.79 Å². The molecule has 1 amide bonds. The van der Waals surface area contributed by atoms with Crippen LogP contribution in [0.15, 0.2) is 0 Å². The molecule has 0 heterocycles. The third-order valence-corrected chi connectivity index (χ3v) is 2.46. The molecule has 0 aromatic heterocycles. The largest absolute Gasteiger partial charge is 0.353 e. The number of hydrogen-bond acceptors (Lipinski definition) is 2. The van der Waals surface area contributed by atoms with Crippen LogP contribution in [0.1, 0.15) is 52.9 Å². The summed E-state index contributed by atoms with van der Waals surface area (Å²) in [4.78, 5) is 11.5. The molecule has 0 aliphatic carbocycles. The first-order chi connectivity index (χ1) is 6.63. The first kappa shape index (κ1) is 13.4. The molecule has 0 saturated carbocycles. The van der Waals surface area contributed by atoms with Crippen LogP contribution in [0, 0.1) is 0 Å². The molecule has 84 valence electrons. The van der Waals surface area contributed by atoms with Crippen molar-refractivity contribution in [1.82, 2.24) is 5.32 Å². The molecule has 3 nitrogen and oxygen atoms in total. The van der Waals surface area contributed by atoms with Gasteiger partial charge in [0.1, 0.15) is 0 Å². The Bertz CT molecular complexity index is 155. The normalized spacial score (nSPS) is 12.9. The van der Waals surface area contributed by atoms with Gasteiger partial charge in [0.25, 0.3) is 0 Å². The summed E-state index contributed by atoms with van der Waals surface area (Å²) in [6.07, 6.45) is 4.41. The average Bonchev–Trinajstić information content (AvgIpc) is 2.14. The predicted octanol–water partition coefficient (Wildman–Crippen LogP) is 1.81. The minimum absolute atomic E-state index is 0.0226. The molecule has 1 atom stereocenters. The molecule has 3 N–H and O–H groups in total. The summed E-state index contributed by atoms with van der Waals surface area (Å²) in [6.45, 7) is 6.25. The number of carbonyl (C=O) groups is 1. The fraction of sp³-hybridized carbons (Fsp3) is 0.909. The highest BCUT2D eigenvalue weighted by Crippen LogP contribution is 2.01. The Hall–Kier alpha value is -0.570. The molecule has 0 aromatic rings. The lowest BCUT2D eigenvalue weighted by Crippen LogP contribution is -2.37. The van der Waals surface area contributed by atoms with Gasteiger partial charge in [-0.05, 0) is 19.3 Å². The third kappa shape index (κ3) is 5.97. The number of nitrogens with two attached hydrogens (primary N) is 1. The minimum atomic E-state index is 0.0226. The van der Waals surface area contributed by atoms with Crippen molar-refractivity contribution >= 4 is 5.91 Å². The lowest BCUT2D eigenvalue weighted by Gasteiger charge is -2.16. The van der Waals surface area contributed by atoms with E-state index in [1.54, 1.807) is 0 Å². The molecule has 1 unspecified atom stereocenters. The molecule has 0 fully saturated rings. The Labute approximate surface area is 87.4 Å². The van der Waals surface area contributed by atoms with Crippen molar-refractivity contribution in [2.45, 2.75) is 65.0 Å². The van der Waals surface area contributed by atoms with E-state index in [1.807, 2.05) is 0 Å². The first-order valence-corrected chi connectivity index (χ1v) is 5.68. The second-order valence-electron chi connectivity index (χ2n) is 3.83. The summed E-state index contributed by atoms with van der Waals surface area (Å²) in [5.74, 6) is 0.0969. The van der Waals surface area contributed by atoms with Crippen molar-refractivity contribution in [1.29, 1.82) is 0 Å². The van der Waals surface area contributed by atoms with Gasteiger partial charge < -0.3 is 11.1 Å². The summed E-state index contributed by atoms with van der Waals surface area (Å²) >= 11 is 0. The van der Waals surface area contributed by atoms with Crippen molar-refractivity contribution in [2.24, 2.45) is 5.73 Å². The van der Waals surface area contributed by atoms with E-state index < -0.39 is 0 Å². The van der Waals surface area contributed by atoms with E-state index in [9.17, 15) is 4.79 Å². The van der Waals surface area contributed by atoms with Gasteiger partial charge in [0.2, 0.25) is 5.91 Å². The zero-order valence-electron chi connectivity index (χ0n) is 9.68. The molecule has 0 aliphatic heterocycles. The van der Waals surface area contributed by atoms with Crippen LogP contribution in [0.2, 0.25) is 0 Å². The van der Waals surface area contributed by atoms with Crippen LogP contribution in [0.3, 0.4) is 0 Å². The van der Waals surface area contributed by atoms with Crippen LogP contribution in [0.5, 0.6) is 0 Å². The molecular weight excluding hydrogens is 176 g/mol. The third-order valence-electron chi connectivity index (χ3n) is 2.46. The Morgan fingerprint density at radius 3 is 2.29 bits per heavy atom. The molecule has 0 aromatic carbocycles. The van der Waals surface area contributed by atoms with Crippen LogP contribution in [0.4, 0.5) is 0 Å². The summed E-state index contributed by atoms with van der Waals surface area (Å²) in [7, 11) is 0. The highest BCUT2D eigenvalue weighted by atomic mass is 16.1. The molecular formula is C11H24N2O. The van der Waals surface area contributed by atoms with Crippen LogP contribution in [-0.2, 0) is 4.79 Å². The summed E-state index contributed by atoms with van der Waals surface area (Å²) in [6, 6.07) is 0.339. The van der Waals surface area contributed by atoms with Gasteiger partial charge in [-0.15, -0.1) is 0 Å². The highest BCUT2D eigenvalue weighted by molar-refractivity contribution is 5.76. The Kier molecular flexibility index (Phi) is 7.48. The molecule has 0 rings (SSSR count). The van der Waals surface area contributed by atoms with Gasteiger partial charge in [0.05, 0.1) is 0 Å². The van der Waals surface area contributed by atoms with Gasteiger partial charge in [0, 0.05) is 18.5 Å². The summed E-state index contributed by atoms with van der Waals surface area (Å²) in [5, 5.41) is 2.99. The monoisotopic (exact) mass is 200 g/mol. The molecule has 14 heavy (non-hydrogen) atoms. The van der Waals surface area contributed by atoms with Crippen molar-refractivity contribution in [2.75, 3.05) is 0 Å². The van der Waals surface area contributed by atoms with Gasteiger partial charge in [0.15, 0.2) is 0 Å². The first-order valence-electron chi connectivity index (χ1n) is 5.68.